The van der Waals surface area contributed by atoms with E-state index >= 15 is 0 Å². The molecule has 3 rings (SSSR count). The summed E-state index contributed by atoms with van der Waals surface area (Å²) in [4.78, 5) is 7.25. The number of hydrogen-bond donors (Lipinski definition) is 2. The van der Waals surface area contributed by atoms with E-state index in [2.05, 4.69) is 15.2 Å². The summed E-state index contributed by atoms with van der Waals surface area (Å²) >= 11 is 0. The normalized spacial score (nSPS) is 30.4. The van der Waals surface area contributed by atoms with Gasteiger partial charge >= 0.3 is 0 Å². The molecule has 1 unspecified atom stereocenters. The molecule has 0 amide bonds. The molecule has 1 atom stereocenters. The topological polar surface area (TPSA) is 53.6 Å². The average Bonchev–Trinajstić information content (AvgIpc) is 3.23. The fraction of sp³-hybridized carbons (Fsp3) is 0.938. The van der Waals surface area contributed by atoms with E-state index in [-0.39, 0.29) is 0 Å². The maximum atomic E-state index is 6.07. The molecule has 0 aromatic carbocycles. The fourth-order valence-electron chi connectivity index (χ4n) is 3.69. The summed E-state index contributed by atoms with van der Waals surface area (Å²) in [6, 6.07) is 1.47. The molecule has 3 N–H and O–H groups in total. The number of aliphatic imine (C=N–C) groups is 1. The van der Waals surface area contributed by atoms with Crippen molar-refractivity contribution in [3.05, 3.63) is 0 Å². The Hall–Kier alpha value is -0.770. The van der Waals surface area contributed by atoms with Crippen LogP contribution in [-0.2, 0) is 0 Å². The third-order valence-electron chi connectivity index (χ3n) is 5.11. The smallest absolute Gasteiger partial charge is 0.188 e. The lowest BCUT2D eigenvalue weighted by molar-refractivity contribution is 0.315. The van der Waals surface area contributed by atoms with Gasteiger partial charge in [-0.2, -0.15) is 0 Å². The molecule has 4 heteroatoms. The van der Waals surface area contributed by atoms with Crippen molar-refractivity contribution in [2.24, 2.45) is 16.6 Å². The third kappa shape index (κ3) is 4.11. The van der Waals surface area contributed by atoms with Crippen molar-refractivity contribution in [2.45, 2.75) is 69.9 Å². The minimum absolute atomic E-state index is 0.563. The number of guanidine groups is 1. The summed E-state index contributed by atoms with van der Waals surface area (Å²) in [6.45, 7) is 3.43. The van der Waals surface area contributed by atoms with E-state index in [9.17, 15) is 0 Å². The van der Waals surface area contributed by atoms with Gasteiger partial charge in [0.1, 0.15) is 0 Å². The number of nitrogens with zero attached hydrogens (tertiary/aromatic N) is 2. The Bertz CT molecular complexity index is 329. The van der Waals surface area contributed by atoms with Crippen LogP contribution in [0.25, 0.3) is 0 Å². The molecule has 0 aromatic rings. The Labute approximate surface area is 123 Å². The van der Waals surface area contributed by atoms with Gasteiger partial charge in [0.25, 0.3) is 0 Å². The van der Waals surface area contributed by atoms with Gasteiger partial charge < -0.3 is 16.0 Å². The van der Waals surface area contributed by atoms with Gasteiger partial charge in [0.2, 0.25) is 0 Å². The molecule has 3 aliphatic rings. The van der Waals surface area contributed by atoms with E-state index in [4.69, 9.17) is 5.73 Å². The molecule has 0 radical (unpaired) electrons. The fourth-order valence-corrected chi connectivity index (χ4v) is 3.69. The molecule has 0 spiro atoms. The van der Waals surface area contributed by atoms with Crippen molar-refractivity contribution < 1.29 is 0 Å². The minimum atomic E-state index is 0.563. The first-order valence-corrected chi connectivity index (χ1v) is 8.62. The van der Waals surface area contributed by atoms with Crippen molar-refractivity contribution in [3.8, 4) is 0 Å². The summed E-state index contributed by atoms with van der Waals surface area (Å²) in [6.07, 6.45) is 12.1. The van der Waals surface area contributed by atoms with E-state index in [1.807, 2.05) is 0 Å². The zero-order valence-electron chi connectivity index (χ0n) is 12.7. The standard InChI is InChI=1S/C16H30N4/c17-16(19-14-5-3-1-2-4-6-14)18-11-13-9-10-20(12-13)15-7-8-15/h13-15H,1-12H2,(H3,17,18,19). The lowest BCUT2D eigenvalue weighted by Gasteiger charge is -2.17. The lowest BCUT2D eigenvalue weighted by atomic mass is 10.1. The molecule has 114 valence electrons. The predicted octanol–water partition coefficient (Wildman–Crippen LogP) is 2.10. The Morgan fingerprint density at radius 1 is 1.05 bits per heavy atom. The van der Waals surface area contributed by atoms with Gasteiger partial charge in [0.15, 0.2) is 5.96 Å². The second-order valence-corrected chi connectivity index (χ2v) is 6.94. The number of likely N-dealkylation sites (tertiary alicyclic amines) is 1. The van der Waals surface area contributed by atoms with E-state index in [1.54, 1.807) is 0 Å². The highest BCUT2D eigenvalue weighted by Gasteiger charge is 2.34. The van der Waals surface area contributed by atoms with Crippen molar-refractivity contribution in [1.29, 1.82) is 0 Å². The first kappa shape index (κ1) is 14.2. The summed E-state index contributed by atoms with van der Waals surface area (Å²) < 4.78 is 0. The van der Waals surface area contributed by atoms with E-state index < -0.39 is 0 Å². The summed E-state index contributed by atoms with van der Waals surface area (Å²) in [5.41, 5.74) is 6.07. The molecule has 1 saturated heterocycles. The van der Waals surface area contributed by atoms with Crippen LogP contribution in [0, 0.1) is 5.92 Å². The first-order valence-electron chi connectivity index (χ1n) is 8.62. The summed E-state index contributed by atoms with van der Waals surface area (Å²) in [5, 5.41) is 3.44. The van der Waals surface area contributed by atoms with Crippen LogP contribution in [-0.4, -0.2) is 42.6 Å². The zero-order valence-corrected chi connectivity index (χ0v) is 12.7. The monoisotopic (exact) mass is 278 g/mol. The van der Waals surface area contributed by atoms with Crippen LogP contribution in [0.1, 0.15) is 57.8 Å². The van der Waals surface area contributed by atoms with Crippen molar-refractivity contribution >= 4 is 5.96 Å². The van der Waals surface area contributed by atoms with Gasteiger partial charge in [-0.3, -0.25) is 4.99 Å². The zero-order chi connectivity index (χ0) is 13.8. The molecule has 1 aliphatic heterocycles. The lowest BCUT2D eigenvalue weighted by Crippen LogP contribution is -2.40. The van der Waals surface area contributed by atoms with Crippen molar-refractivity contribution in [2.75, 3.05) is 19.6 Å². The number of nitrogens with one attached hydrogen (secondary N) is 1. The molecule has 3 fully saturated rings. The van der Waals surface area contributed by atoms with Crippen LogP contribution in [0.5, 0.6) is 0 Å². The third-order valence-corrected chi connectivity index (χ3v) is 5.11. The van der Waals surface area contributed by atoms with E-state index in [0.29, 0.717) is 12.0 Å². The van der Waals surface area contributed by atoms with Gasteiger partial charge in [-0.25, -0.2) is 0 Å². The largest absolute Gasteiger partial charge is 0.370 e. The van der Waals surface area contributed by atoms with Crippen molar-refractivity contribution in [1.82, 2.24) is 10.2 Å². The van der Waals surface area contributed by atoms with Crippen LogP contribution in [0.4, 0.5) is 0 Å². The van der Waals surface area contributed by atoms with Crippen LogP contribution in [0.2, 0.25) is 0 Å². The average molecular weight is 278 g/mol. The predicted molar refractivity (Wildman–Crippen MR) is 83.8 cm³/mol. The van der Waals surface area contributed by atoms with Crippen LogP contribution >= 0.6 is 0 Å². The molecule has 0 bridgehead atoms. The summed E-state index contributed by atoms with van der Waals surface area (Å²) in [7, 11) is 0. The van der Waals surface area contributed by atoms with Gasteiger partial charge in [-0.15, -0.1) is 0 Å². The number of hydrogen-bond acceptors (Lipinski definition) is 2. The molecular weight excluding hydrogens is 248 g/mol. The Balaban J connectivity index is 1.39. The van der Waals surface area contributed by atoms with Gasteiger partial charge in [0, 0.05) is 25.2 Å². The van der Waals surface area contributed by atoms with E-state index in [0.717, 1.165) is 18.5 Å². The maximum Gasteiger partial charge on any atom is 0.188 e. The highest BCUT2D eigenvalue weighted by molar-refractivity contribution is 5.78. The summed E-state index contributed by atoms with van der Waals surface area (Å²) in [5.74, 6) is 1.41. The molecule has 0 aromatic heterocycles. The van der Waals surface area contributed by atoms with Gasteiger partial charge in [-0.05, 0) is 44.6 Å². The second-order valence-electron chi connectivity index (χ2n) is 6.94. The second kappa shape index (κ2) is 6.79. The van der Waals surface area contributed by atoms with Crippen LogP contribution in [0.15, 0.2) is 4.99 Å². The molecule has 2 aliphatic carbocycles. The van der Waals surface area contributed by atoms with Gasteiger partial charge in [-0.1, -0.05) is 25.7 Å². The molecular formula is C16H30N4. The Morgan fingerprint density at radius 2 is 1.80 bits per heavy atom. The Kier molecular flexibility index (Phi) is 4.81. The van der Waals surface area contributed by atoms with Gasteiger partial charge in [0.05, 0.1) is 0 Å². The Morgan fingerprint density at radius 3 is 2.50 bits per heavy atom. The minimum Gasteiger partial charge on any atom is -0.370 e. The van der Waals surface area contributed by atoms with Crippen LogP contribution < -0.4 is 11.1 Å². The molecule has 2 saturated carbocycles. The van der Waals surface area contributed by atoms with Crippen molar-refractivity contribution in [3.63, 3.8) is 0 Å². The molecule has 20 heavy (non-hydrogen) atoms. The first-order chi connectivity index (χ1) is 9.81. The highest BCUT2D eigenvalue weighted by atomic mass is 15.2. The molecule has 4 nitrogen and oxygen atoms in total. The molecule has 1 heterocycles. The van der Waals surface area contributed by atoms with Crippen LogP contribution in [0.3, 0.4) is 0 Å². The number of nitrogens with two attached hydrogens (primary N) is 1. The quantitative estimate of drug-likeness (QED) is 0.470. The number of rotatable bonds is 4. The highest BCUT2D eigenvalue weighted by Crippen LogP contribution is 2.31. The van der Waals surface area contributed by atoms with E-state index in [1.165, 1.54) is 70.9 Å². The SMILES string of the molecule is NC(=NCC1CCN(C2CC2)C1)NC1CCCCCC1. The maximum absolute atomic E-state index is 6.07.